The molecule has 202 valence electrons. The maximum atomic E-state index is 13.7. The summed E-state index contributed by atoms with van der Waals surface area (Å²) in [5, 5.41) is 13.5. The second-order valence-corrected chi connectivity index (χ2v) is 11.5. The van der Waals surface area contributed by atoms with Crippen molar-refractivity contribution >= 4 is 11.7 Å². The molecule has 0 unspecified atom stereocenters. The van der Waals surface area contributed by atoms with Gasteiger partial charge in [0.15, 0.2) is 0 Å². The molecule has 0 radical (unpaired) electrons. The highest BCUT2D eigenvalue weighted by molar-refractivity contribution is 5.91. The Balaban J connectivity index is 1.46. The Hall–Kier alpha value is -2.69. The second-order valence-electron chi connectivity index (χ2n) is 11.5. The summed E-state index contributed by atoms with van der Waals surface area (Å²) in [5.74, 6) is 2.82. The van der Waals surface area contributed by atoms with Crippen LogP contribution in [-0.4, -0.2) is 35.2 Å². The van der Waals surface area contributed by atoms with Crippen molar-refractivity contribution in [3.05, 3.63) is 52.1 Å². The summed E-state index contributed by atoms with van der Waals surface area (Å²) < 4.78 is 6.21. The molecule has 0 heterocycles. The van der Waals surface area contributed by atoms with Gasteiger partial charge in [-0.1, -0.05) is 50.3 Å². The number of aryl methyl sites for hydroxylation is 3. The quantitative estimate of drug-likeness (QED) is 0.400. The Morgan fingerprint density at radius 2 is 1.51 bits per heavy atom. The lowest BCUT2D eigenvalue weighted by atomic mass is 9.72. The number of rotatable bonds is 7. The molecular weight excluding hydrogens is 460 g/mol. The van der Waals surface area contributed by atoms with E-state index in [2.05, 4.69) is 5.32 Å². The molecule has 37 heavy (non-hydrogen) atoms. The highest BCUT2D eigenvalue weighted by atomic mass is 16.5. The summed E-state index contributed by atoms with van der Waals surface area (Å²) in [5.41, 5.74) is 5.68. The van der Waals surface area contributed by atoms with Crippen LogP contribution in [0.2, 0.25) is 0 Å². The van der Waals surface area contributed by atoms with E-state index in [1.807, 2.05) is 63.8 Å². The number of phenols is 1. The van der Waals surface area contributed by atoms with Crippen LogP contribution in [0.15, 0.2) is 24.3 Å². The van der Waals surface area contributed by atoms with Gasteiger partial charge in [0.1, 0.15) is 18.1 Å². The summed E-state index contributed by atoms with van der Waals surface area (Å²) in [6, 6.07) is 8.22. The Morgan fingerprint density at radius 1 is 0.892 bits per heavy atom. The van der Waals surface area contributed by atoms with Gasteiger partial charge < -0.3 is 20.1 Å². The van der Waals surface area contributed by atoms with E-state index in [0.717, 1.165) is 63.9 Å². The maximum Gasteiger partial charge on any atom is 0.322 e. The standard InChI is InChI=1S/C32H46N2O3/c1-21-10-9-11-22(2)30(21)33-32(36)34(18-19-37-29-20-23(3)31(35)25(5)24(29)4)28-16-14-27(15-17-28)26-12-7-6-8-13-26/h9-11,20,26-28,35H,6-8,12-19H2,1-5H3,(H,33,36)/t27-,28+. The predicted octanol–water partition coefficient (Wildman–Crippen LogP) is 7.99. The monoisotopic (exact) mass is 506 g/mol. The van der Waals surface area contributed by atoms with Gasteiger partial charge in [0.2, 0.25) is 0 Å². The Kier molecular flexibility index (Phi) is 9.04. The molecule has 4 rings (SSSR count). The molecule has 0 spiro atoms. The summed E-state index contributed by atoms with van der Waals surface area (Å²) in [6.45, 7) is 10.8. The van der Waals surface area contributed by atoms with E-state index >= 15 is 0 Å². The zero-order valence-electron chi connectivity index (χ0n) is 23.5. The first kappa shape index (κ1) is 27.3. The number of carbonyl (C=O) groups is 1. The van der Waals surface area contributed by atoms with Gasteiger partial charge >= 0.3 is 6.03 Å². The third kappa shape index (κ3) is 6.42. The van der Waals surface area contributed by atoms with Gasteiger partial charge in [0.05, 0.1) is 6.54 Å². The third-order valence-electron chi connectivity index (χ3n) is 9.07. The molecule has 2 aliphatic rings. The molecule has 2 aromatic carbocycles. The largest absolute Gasteiger partial charge is 0.507 e. The van der Waals surface area contributed by atoms with Crippen molar-refractivity contribution < 1.29 is 14.6 Å². The van der Waals surface area contributed by atoms with Crippen LogP contribution in [0, 0.1) is 46.5 Å². The molecule has 2 fully saturated rings. The Labute approximate surface area is 223 Å². The van der Waals surface area contributed by atoms with E-state index in [1.165, 1.54) is 44.9 Å². The molecule has 0 atom stereocenters. The smallest absolute Gasteiger partial charge is 0.322 e. The SMILES string of the molecule is Cc1cc(OCCN(C(=O)Nc2c(C)cccc2C)[C@H]2CC[C@@H](C3CCCCC3)CC2)c(C)c(C)c1O. The number of nitrogens with one attached hydrogen (secondary N) is 1. The van der Waals surface area contributed by atoms with Gasteiger partial charge in [-0.05, 0) is 106 Å². The number of anilines is 1. The highest BCUT2D eigenvalue weighted by Crippen LogP contribution is 2.39. The molecule has 2 N–H and O–H groups in total. The molecule has 2 amide bonds. The zero-order valence-corrected chi connectivity index (χ0v) is 23.5. The van der Waals surface area contributed by atoms with Crippen LogP contribution in [0.1, 0.15) is 85.6 Å². The first-order valence-corrected chi connectivity index (χ1v) is 14.3. The van der Waals surface area contributed by atoms with Gasteiger partial charge in [-0.25, -0.2) is 4.79 Å². The molecule has 5 nitrogen and oxygen atoms in total. The van der Waals surface area contributed by atoms with E-state index in [4.69, 9.17) is 4.74 Å². The highest BCUT2D eigenvalue weighted by Gasteiger charge is 2.33. The fraction of sp³-hybridized carbons (Fsp3) is 0.594. The van der Waals surface area contributed by atoms with Crippen molar-refractivity contribution in [2.24, 2.45) is 11.8 Å². The third-order valence-corrected chi connectivity index (χ3v) is 9.07. The van der Waals surface area contributed by atoms with Crippen LogP contribution >= 0.6 is 0 Å². The first-order chi connectivity index (χ1) is 17.8. The van der Waals surface area contributed by atoms with Crippen molar-refractivity contribution in [3.63, 3.8) is 0 Å². The number of urea groups is 1. The number of para-hydroxylation sites is 1. The average molecular weight is 507 g/mol. The number of amides is 2. The van der Waals surface area contributed by atoms with Crippen LogP contribution in [0.5, 0.6) is 11.5 Å². The lowest BCUT2D eigenvalue weighted by Gasteiger charge is -2.40. The lowest BCUT2D eigenvalue weighted by molar-refractivity contribution is 0.114. The summed E-state index contributed by atoms with van der Waals surface area (Å²) >= 11 is 0. The number of phenolic OH excluding ortho intramolecular Hbond substituents is 1. The Morgan fingerprint density at radius 3 is 2.16 bits per heavy atom. The molecule has 0 aromatic heterocycles. The van der Waals surface area contributed by atoms with Crippen LogP contribution in [0.3, 0.4) is 0 Å². The number of aromatic hydroxyl groups is 1. The van der Waals surface area contributed by atoms with Crippen molar-refractivity contribution in [2.45, 2.75) is 98.4 Å². The minimum atomic E-state index is -0.0306. The summed E-state index contributed by atoms with van der Waals surface area (Å²) in [6.07, 6.45) is 11.5. The lowest BCUT2D eigenvalue weighted by Crippen LogP contribution is -2.47. The predicted molar refractivity (Wildman–Crippen MR) is 152 cm³/mol. The fourth-order valence-corrected chi connectivity index (χ4v) is 6.57. The van der Waals surface area contributed by atoms with Crippen molar-refractivity contribution in [1.29, 1.82) is 0 Å². The number of hydrogen-bond acceptors (Lipinski definition) is 3. The summed E-state index contributed by atoms with van der Waals surface area (Å²) in [7, 11) is 0. The van der Waals surface area contributed by atoms with E-state index in [9.17, 15) is 9.90 Å². The van der Waals surface area contributed by atoms with Crippen molar-refractivity contribution in [3.8, 4) is 11.5 Å². The normalized spacial score (nSPS) is 20.5. The van der Waals surface area contributed by atoms with Gasteiger partial charge in [-0.2, -0.15) is 0 Å². The number of nitrogens with zero attached hydrogens (tertiary/aromatic N) is 1. The van der Waals surface area contributed by atoms with E-state index < -0.39 is 0 Å². The molecular formula is C32H46N2O3. The van der Waals surface area contributed by atoms with E-state index in [1.54, 1.807) is 0 Å². The molecule has 5 heteroatoms. The van der Waals surface area contributed by atoms with Crippen LogP contribution in [-0.2, 0) is 0 Å². The number of ether oxygens (including phenoxy) is 1. The molecule has 2 saturated carbocycles. The number of hydrogen-bond donors (Lipinski definition) is 2. The van der Waals surface area contributed by atoms with Gasteiger partial charge in [-0.15, -0.1) is 0 Å². The van der Waals surface area contributed by atoms with E-state index in [-0.39, 0.29) is 12.1 Å². The molecule has 2 aliphatic carbocycles. The summed E-state index contributed by atoms with van der Waals surface area (Å²) in [4.78, 5) is 15.7. The average Bonchev–Trinajstić information content (AvgIpc) is 2.91. The van der Waals surface area contributed by atoms with Crippen molar-refractivity contribution in [1.82, 2.24) is 4.90 Å². The van der Waals surface area contributed by atoms with Crippen LogP contribution in [0.25, 0.3) is 0 Å². The van der Waals surface area contributed by atoms with Gasteiger partial charge in [0, 0.05) is 11.7 Å². The van der Waals surface area contributed by atoms with E-state index in [0.29, 0.717) is 18.9 Å². The van der Waals surface area contributed by atoms with Crippen molar-refractivity contribution in [2.75, 3.05) is 18.5 Å². The minimum Gasteiger partial charge on any atom is -0.507 e. The molecule has 0 saturated heterocycles. The molecule has 0 aliphatic heterocycles. The van der Waals surface area contributed by atoms with Gasteiger partial charge in [0.25, 0.3) is 0 Å². The van der Waals surface area contributed by atoms with Crippen LogP contribution < -0.4 is 10.1 Å². The second kappa shape index (κ2) is 12.2. The molecule has 0 bridgehead atoms. The first-order valence-electron chi connectivity index (χ1n) is 14.3. The van der Waals surface area contributed by atoms with Crippen LogP contribution in [0.4, 0.5) is 10.5 Å². The molecule has 2 aromatic rings. The number of benzene rings is 2. The zero-order chi connectivity index (χ0) is 26.5. The maximum absolute atomic E-state index is 13.7. The topological polar surface area (TPSA) is 61.8 Å². The van der Waals surface area contributed by atoms with Gasteiger partial charge in [-0.3, -0.25) is 0 Å². The minimum absolute atomic E-state index is 0.0306. The number of carbonyl (C=O) groups excluding carboxylic acids is 1. The Bertz CT molecular complexity index is 1060. The fourth-order valence-electron chi connectivity index (χ4n) is 6.57.